The van der Waals surface area contributed by atoms with Crippen LogP contribution in [0.5, 0.6) is 0 Å². The maximum absolute atomic E-state index is 13.1. The lowest BCUT2D eigenvalue weighted by molar-refractivity contribution is -0.124. The predicted molar refractivity (Wildman–Crippen MR) is 113 cm³/mol. The van der Waals surface area contributed by atoms with Crippen LogP contribution in [0.2, 0.25) is 5.02 Å². The van der Waals surface area contributed by atoms with E-state index in [1.54, 1.807) is 0 Å². The Morgan fingerprint density at radius 3 is 2.63 bits per heavy atom. The van der Waals surface area contributed by atoms with E-state index < -0.39 is 0 Å². The van der Waals surface area contributed by atoms with Crippen LogP contribution in [0.25, 0.3) is 0 Å². The van der Waals surface area contributed by atoms with Gasteiger partial charge in [-0.15, -0.1) is 0 Å². The van der Waals surface area contributed by atoms with E-state index >= 15 is 0 Å². The van der Waals surface area contributed by atoms with Gasteiger partial charge in [0.2, 0.25) is 0 Å². The van der Waals surface area contributed by atoms with Crippen molar-refractivity contribution in [1.82, 2.24) is 0 Å². The van der Waals surface area contributed by atoms with Gasteiger partial charge >= 0.3 is 0 Å². The van der Waals surface area contributed by atoms with Gasteiger partial charge in [-0.05, 0) is 36.6 Å². The predicted octanol–water partition coefficient (Wildman–Crippen LogP) is 7.00. The molecule has 27 heavy (non-hydrogen) atoms. The third kappa shape index (κ3) is 5.30. The summed E-state index contributed by atoms with van der Waals surface area (Å²) in [6, 6.07) is 15.1. The van der Waals surface area contributed by atoms with E-state index in [2.05, 4.69) is 15.9 Å². The van der Waals surface area contributed by atoms with Crippen LogP contribution in [-0.2, 0) is 4.79 Å². The highest BCUT2D eigenvalue weighted by molar-refractivity contribution is 9.10. The molecule has 2 atom stereocenters. The van der Waals surface area contributed by atoms with Gasteiger partial charge < -0.3 is 0 Å². The molecule has 0 amide bonds. The largest absolute Gasteiger partial charge is 0.299 e. The number of halogens is 2. The van der Waals surface area contributed by atoms with Crippen LogP contribution < -0.4 is 0 Å². The maximum atomic E-state index is 13.1. The van der Waals surface area contributed by atoms with Gasteiger partial charge in [0, 0.05) is 39.7 Å². The van der Waals surface area contributed by atoms with E-state index in [0.717, 1.165) is 42.1 Å². The lowest BCUT2D eigenvalue weighted by atomic mass is 9.75. The van der Waals surface area contributed by atoms with Crippen molar-refractivity contribution < 1.29 is 9.59 Å². The van der Waals surface area contributed by atoms with Crippen LogP contribution in [0.1, 0.15) is 66.8 Å². The van der Waals surface area contributed by atoms with Gasteiger partial charge in [-0.3, -0.25) is 9.59 Å². The van der Waals surface area contributed by atoms with Gasteiger partial charge in [-0.25, -0.2) is 0 Å². The standard InChI is InChI=1S/C23H24BrClO2/c24-21-12-6-5-11-19(21)23(27)15-20(16-8-7-9-17(25)14-16)18-10-3-1-2-4-13-22(18)26/h5-9,11-12,14,18,20H,1-4,10,13,15H2. The fourth-order valence-corrected chi connectivity index (χ4v) is 4.72. The highest BCUT2D eigenvalue weighted by atomic mass is 79.9. The topological polar surface area (TPSA) is 34.1 Å². The van der Waals surface area contributed by atoms with E-state index in [0.29, 0.717) is 29.2 Å². The van der Waals surface area contributed by atoms with E-state index in [-0.39, 0.29) is 17.6 Å². The molecule has 2 unspecified atom stereocenters. The molecule has 0 aromatic heterocycles. The molecule has 2 aromatic rings. The first kappa shape index (κ1) is 20.3. The van der Waals surface area contributed by atoms with Gasteiger partial charge in [-0.1, -0.05) is 77.1 Å². The van der Waals surface area contributed by atoms with Crippen LogP contribution in [-0.4, -0.2) is 11.6 Å². The average molecular weight is 448 g/mol. The maximum Gasteiger partial charge on any atom is 0.164 e. The van der Waals surface area contributed by atoms with Gasteiger partial charge in [0.15, 0.2) is 5.78 Å². The van der Waals surface area contributed by atoms with Crippen molar-refractivity contribution in [2.24, 2.45) is 5.92 Å². The summed E-state index contributed by atoms with van der Waals surface area (Å²) in [5.74, 6) is 0.103. The third-order valence-electron chi connectivity index (χ3n) is 5.44. The Labute approximate surface area is 174 Å². The molecule has 1 saturated carbocycles. The normalized spacial score (nSPS) is 19.2. The Morgan fingerprint density at radius 1 is 1.07 bits per heavy atom. The second-order valence-corrected chi connectivity index (χ2v) is 8.59. The summed E-state index contributed by atoms with van der Waals surface area (Å²) in [6.07, 6.45) is 6.05. The molecule has 2 nitrogen and oxygen atoms in total. The molecule has 0 heterocycles. The Kier molecular flexibility index (Phi) is 7.26. The van der Waals surface area contributed by atoms with Crippen molar-refractivity contribution in [2.75, 3.05) is 0 Å². The molecule has 3 rings (SSSR count). The van der Waals surface area contributed by atoms with Gasteiger partial charge in [-0.2, -0.15) is 0 Å². The number of hydrogen-bond acceptors (Lipinski definition) is 2. The number of Topliss-reactive ketones (excluding diaryl/α,β-unsaturated/α-hetero) is 2. The SMILES string of the molecule is O=C(CC(c1cccc(Cl)c1)C1CCCCCCC1=O)c1ccccc1Br. The molecule has 0 saturated heterocycles. The third-order valence-corrected chi connectivity index (χ3v) is 6.37. The zero-order valence-electron chi connectivity index (χ0n) is 15.3. The number of benzene rings is 2. The molecule has 142 valence electrons. The van der Waals surface area contributed by atoms with Crippen molar-refractivity contribution in [3.63, 3.8) is 0 Å². The van der Waals surface area contributed by atoms with E-state index in [9.17, 15) is 9.59 Å². The summed E-state index contributed by atoms with van der Waals surface area (Å²) < 4.78 is 0.795. The monoisotopic (exact) mass is 446 g/mol. The highest BCUT2D eigenvalue weighted by Crippen LogP contribution is 2.37. The summed E-state index contributed by atoms with van der Waals surface area (Å²) in [4.78, 5) is 26.0. The van der Waals surface area contributed by atoms with E-state index in [4.69, 9.17) is 11.6 Å². The molecule has 0 aliphatic heterocycles. The fourth-order valence-electron chi connectivity index (χ4n) is 4.02. The molecule has 4 heteroatoms. The van der Waals surface area contributed by atoms with Crippen molar-refractivity contribution in [3.8, 4) is 0 Å². The van der Waals surface area contributed by atoms with Crippen LogP contribution in [0.3, 0.4) is 0 Å². The Morgan fingerprint density at radius 2 is 1.85 bits per heavy atom. The van der Waals surface area contributed by atoms with Gasteiger partial charge in [0.1, 0.15) is 5.78 Å². The zero-order chi connectivity index (χ0) is 19.2. The molecule has 2 aromatic carbocycles. The van der Waals surface area contributed by atoms with E-state index in [1.165, 1.54) is 0 Å². The molecule has 0 bridgehead atoms. The molecule has 0 spiro atoms. The van der Waals surface area contributed by atoms with Crippen LogP contribution in [0.4, 0.5) is 0 Å². The number of carbonyl (C=O) groups is 2. The molecule has 1 aliphatic carbocycles. The Bertz CT molecular complexity index is 818. The Hall–Kier alpha value is -1.45. The van der Waals surface area contributed by atoms with Crippen LogP contribution in [0.15, 0.2) is 53.0 Å². The number of hydrogen-bond donors (Lipinski definition) is 0. The second-order valence-electron chi connectivity index (χ2n) is 7.29. The molecule has 0 N–H and O–H groups in total. The number of carbonyl (C=O) groups excluding carboxylic acids is 2. The summed E-state index contributed by atoms with van der Waals surface area (Å²) in [7, 11) is 0. The molecule has 0 radical (unpaired) electrons. The first-order valence-corrected chi connectivity index (χ1v) is 10.8. The minimum absolute atomic E-state index is 0.0577. The summed E-state index contributed by atoms with van der Waals surface area (Å²) in [5, 5.41) is 0.643. The van der Waals surface area contributed by atoms with Gasteiger partial charge in [0.25, 0.3) is 0 Å². The van der Waals surface area contributed by atoms with Crippen molar-refractivity contribution >= 4 is 39.1 Å². The fraction of sp³-hybridized carbons (Fsp3) is 0.391. The Balaban J connectivity index is 1.93. The number of rotatable bonds is 5. The number of ketones is 2. The van der Waals surface area contributed by atoms with Crippen LogP contribution in [0, 0.1) is 5.92 Å². The van der Waals surface area contributed by atoms with Crippen LogP contribution >= 0.6 is 27.5 Å². The minimum Gasteiger partial charge on any atom is -0.299 e. The lowest BCUT2D eigenvalue weighted by Gasteiger charge is -2.28. The smallest absolute Gasteiger partial charge is 0.164 e. The van der Waals surface area contributed by atoms with Crippen molar-refractivity contribution in [1.29, 1.82) is 0 Å². The van der Waals surface area contributed by atoms with Gasteiger partial charge in [0.05, 0.1) is 0 Å². The van der Waals surface area contributed by atoms with E-state index in [1.807, 2.05) is 48.5 Å². The lowest BCUT2D eigenvalue weighted by Crippen LogP contribution is -2.26. The van der Waals surface area contributed by atoms with Crippen molar-refractivity contribution in [3.05, 3.63) is 69.2 Å². The van der Waals surface area contributed by atoms with Crippen molar-refractivity contribution in [2.45, 2.75) is 50.9 Å². The molecular formula is C23H24BrClO2. The summed E-state index contributed by atoms with van der Waals surface area (Å²) in [5.41, 5.74) is 1.66. The molecule has 1 aliphatic rings. The second kappa shape index (κ2) is 9.66. The zero-order valence-corrected chi connectivity index (χ0v) is 17.6. The molecule has 1 fully saturated rings. The minimum atomic E-state index is -0.131. The highest BCUT2D eigenvalue weighted by Gasteiger charge is 2.32. The first-order chi connectivity index (χ1) is 13.1. The summed E-state index contributed by atoms with van der Waals surface area (Å²) in [6.45, 7) is 0. The average Bonchev–Trinajstić information content (AvgIpc) is 2.64. The summed E-state index contributed by atoms with van der Waals surface area (Å²) >= 11 is 9.70. The molecular weight excluding hydrogens is 424 g/mol. The first-order valence-electron chi connectivity index (χ1n) is 9.62. The quantitative estimate of drug-likeness (QED) is 0.462.